The quantitative estimate of drug-likeness (QED) is 0.336. The van der Waals surface area contributed by atoms with Crippen LogP contribution in [0, 0.1) is 5.92 Å². The van der Waals surface area contributed by atoms with Gasteiger partial charge in [-0.1, -0.05) is 55.5 Å². The van der Waals surface area contributed by atoms with E-state index in [9.17, 15) is 14.7 Å². The first-order valence-electron chi connectivity index (χ1n) is 15.7. The summed E-state index contributed by atoms with van der Waals surface area (Å²) < 4.78 is 12.8. The first-order chi connectivity index (χ1) is 21.2. The number of benzene rings is 3. The molecule has 44 heavy (non-hydrogen) atoms. The number of likely N-dealkylation sites (N-methyl/N-ethyl adjacent to an activating group) is 1. The van der Waals surface area contributed by atoms with Crippen molar-refractivity contribution >= 4 is 17.5 Å². The van der Waals surface area contributed by atoms with E-state index in [-0.39, 0.29) is 36.5 Å². The summed E-state index contributed by atoms with van der Waals surface area (Å²) in [5.74, 6) is -0.0688. The molecule has 0 saturated heterocycles. The van der Waals surface area contributed by atoms with Crippen LogP contribution in [-0.2, 0) is 11.3 Å². The Morgan fingerprint density at radius 3 is 2.45 bits per heavy atom. The van der Waals surface area contributed by atoms with Crippen molar-refractivity contribution in [2.24, 2.45) is 5.92 Å². The Hall–Kier alpha value is -3.72. The summed E-state index contributed by atoms with van der Waals surface area (Å²) in [6.45, 7) is 8.28. The fourth-order valence-corrected chi connectivity index (χ4v) is 5.52. The molecule has 0 fully saturated rings. The van der Waals surface area contributed by atoms with Crippen molar-refractivity contribution in [3.63, 3.8) is 0 Å². The smallest absolute Gasteiger partial charge is 0.258 e. The number of anilines is 1. The van der Waals surface area contributed by atoms with Crippen LogP contribution in [-0.4, -0.2) is 78.3 Å². The van der Waals surface area contributed by atoms with E-state index < -0.39 is 6.04 Å². The number of aliphatic hydroxyl groups is 1. The molecule has 2 amide bonds. The molecule has 0 radical (unpaired) electrons. The number of nitrogens with one attached hydrogen (secondary N) is 1. The van der Waals surface area contributed by atoms with Gasteiger partial charge >= 0.3 is 0 Å². The third-order valence-electron chi connectivity index (χ3n) is 8.13. The molecule has 3 aromatic carbocycles. The first-order valence-corrected chi connectivity index (χ1v) is 15.7. The summed E-state index contributed by atoms with van der Waals surface area (Å²) in [5.41, 5.74) is 2.61. The monoisotopic (exact) mass is 601 g/mol. The van der Waals surface area contributed by atoms with Gasteiger partial charge in [0.15, 0.2) is 0 Å². The van der Waals surface area contributed by atoms with Gasteiger partial charge in [-0.2, -0.15) is 0 Å². The normalized spacial score (nSPS) is 20.7. The van der Waals surface area contributed by atoms with Gasteiger partial charge in [0.05, 0.1) is 30.4 Å². The molecule has 2 N–H and O–H groups in total. The van der Waals surface area contributed by atoms with Gasteiger partial charge in [-0.25, -0.2) is 0 Å². The number of carbonyl (C=O) groups excluding carboxylic acids is 2. The van der Waals surface area contributed by atoms with E-state index in [0.717, 1.165) is 25.8 Å². The van der Waals surface area contributed by atoms with Gasteiger partial charge in [-0.3, -0.25) is 14.5 Å². The summed E-state index contributed by atoms with van der Waals surface area (Å²) in [5, 5.41) is 13.1. The minimum Gasteiger partial charge on any atom is -0.490 e. The fourth-order valence-electron chi connectivity index (χ4n) is 5.52. The van der Waals surface area contributed by atoms with Crippen LogP contribution in [0.5, 0.6) is 5.75 Å². The highest BCUT2D eigenvalue weighted by Gasteiger charge is 2.30. The molecule has 0 aromatic heterocycles. The second-order valence-electron chi connectivity index (χ2n) is 12.0. The van der Waals surface area contributed by atoms with Gasteiger partial charge in [0.1, 0.15) is 5.75 Å². The highest BCUT2D eigenvalue weighted by atomic mass is 16.5. The van der Waals surface area contributed by atoms with Crippen LogP contribution in [0.4, 0.5) is 5.69 Å². The maximum absolute atomic E-state index is 14.3. The SMILES string of the molecule is C[C@@H]1CN([C@@H](C)CO)C(=O)c2cc(NC(=O)c3ccccc3)ccc2O[C@@H](C)CCCCO[C@H]1CN(C)Cc1ccccc1. The number of aliphatic hydroxyl groups excluding tert-OH is 1. The standard InChI is InChI=1S/C36H47N3O5/c1-26-22-39(27(2)25-40)36(42)32-21-31(37-35(41)30-16-9-6-10-17-30)18-19-33(32)44-28(3)13-11-12-20-43-34(26)24-38(4)23-29-14-7-5-8-15-29/h5-10,14-19,21,26-28,34,40H,11-13,20,22-25H2,1-4H3,(H,37,41)/t26-,27+,28+,34+/m1/s1. The molecule has 0 saturated carbocycles. The first kappa shape index (κ1) is 33.2. The van der Waals surface area contributed by atoms with Crippen molar-refractivity contribution in [2.45, 2.75) is 64.8 Å². The average molecular weight is 602 g/mol. The zero-order valence-corrected chi connectivity index (χ0v) is 26.4. The highest BCUT2D eigenvalue weighted by molar-refractivity contribution is 6.05. The molecular weight excluding hydrogens is 554 g/mol. The number of amides is 2. The lowest BCUT2D eigenvalue weighted by Gasteiger charge is -2.36. The van der Waals surface area contributed by atoms with Gasteiger partial charge in [0.25, 0.3) is 11.8 Å². The van der Waals surface area contributed by atoms with Crippen molar-refractivity contribution in [1.82, 2.24) is 9.80 Å². The van der Waals surface area contributed by atoms with E-state index in [0.29, 0.717) is 42.3 Å². The molecule has 3 aromatic rings. The Labute approximate surface area is 262 Å². The molecule has 236 valence electrons. The molecule has 0 bridgehead atoms. The van der Waals surface area contributed by atoms with Gasteiger partial charge in [-0.05, 0) is 76.1 Å². The van der Waals surface area contributed by atoms with Crippen LogP contribution >= 0.6 is 0 Å². The van der Waals surface area contributed by atoms with Crippen molar-refractivity contribution in [3.05, 3.63) is 95.6 Å². The predicted octanol–water partition coefficient (Wildman–Crippen LogP) is 5.87. The van der Waals surface area contributed by atoms with Gasteiger partial charge in [-0.15, -0.1) is 0 Å². The van der Waals surface area contributed by atoms with Crippen LogP contribution in [0.3, 0.4) is 0 Å². The maximum atomic E-state index is 14.3. The van der Waals surface area contributed by atoms with Crippen molar-refractivity contribution < 1.29 is 24.2 Å². The number of nitrogens with zero attached hydrogens (tertiary/aromatic N) is 2. The summed E-state index contributed by atoms with van der Waals surface area (Å²) in [4.78, 5) is 31.2. The third-order valence-corrected chi connectivity index (χ3v) is 8.13. The number of ether oxygens (including phenoxy) is 2. The van der Waals surface area contributed by atoms with Crippen LogP contribution in [0.1, 0.15) is 66.3 Å². The van der Waals surface area contributed by atoms with E-state index in [1.807, 2.05) is 50.2 Å². The molecular formula is C36H47N3O5. The Kier molecular flexibility index (Phi) is 12.4. The second kappa shape index (κ2) is 16.4. The molecule has 0 spiro atoms. The molecule has 4 rings (SSSR count). The number of carbonyl (C=O) groups is 2. The van der Waals surface area contributed by atoms with Crippen molar-refractivity contribution in [2.75, 3.05) is 38.7 Å². The molecule has 1 aliphatic rings. The average Bonchev–Trinajstić information content (AvgIpc) is 3.03. The molecule has 1 aliphatic heterocycles. The van der Waals surface area contributed by atoms with E-state index >= 15 is 0 Å². The summed E-state index contributed by atoms with van der Waals surface area (Å²) in [7, 11) is 2.09. The third kappa shape index (κ3) is 9.39. The molecule has 4 atom stereocenters. The Morgan fingerprint density at radius 1 is 1.05 bits per heavy atom. The number of hydrogen-bond acceptors (Lipinski definition) is 6. The van der Waals surface area contributed by atoms with Crippen LogP contribution in [0.15, 0.2) is 78.9 Å². The summed E-state index contributed by atoms with van der Waals surface area (Å²) in [6.07, 6.45) is 2.42. The molecule has 1 heterocycles. The number of hydrogen-bond donors (Lipinski definition) is 2. The lowest BCUT2D eigenvalue weighted by Crippen LogP contribution is -2.47. The Bertz CT molecular complexity index is 1340. The van der Waals surface area contributed by atoms with E-state index in [1.54, 1.807) is 35.2 Å². The minimum absolute atomic E-state index is 0.0154. The zero-order valence-electron chi connectivity index (χ0n) is 26.4. The van der Waals surface area contributed by atoms with Gasteiger partial charge < -0.3 is 24.8 Å². The lowest BCUT2D eigenvalue weighted by atomic mass is 10.0. The van der Waals surface area contributed by atoms with Gasteiger partial charge in [0.2, 0.25) is 0 Å². The van der Waals surface area contributed by atoms with Crippen molar-refractivity contribution in [3.8, 4) is 5.75 Å². The van der Waals surface area contributed by atoms with Gasteiger partial charge in [0, 0.05) is 43.4 Å². The van der Waals surface area contributed by atoms with E-state index in [1.165, 1.54) is 5.56 Å². The second-order valence-corrected chi connectivity index (χ2v) is 12.0. The molecule has 0 unspecified atom stereocenters. The Balaban J connectivity index is 1.61. The van der Waals surface area contributed by atoms with E-state index in [2.05, 4.69) is 36.3 Å². The summed E-state index contributed by atoms with van der Waals surface area (Å²) in [6, 6.07) is 24.1. The van der Waals surface area contributed by atoms with Crippen LogP contribution < -0.4 is 10.1 Å². The fraction of sp³-hybridized carbons (Fsp3) is 0.444. The predicted molar refractivity (Wildman–Crippen MR) is 174 cm³/mol. The molecule has 8 heteroatoms. The van der Waals surface area contributed by atoms with Crippen LogP contribution in [0.2, 0.25) is 0 Å². The highest BCUT2D eigenvalue weighted by Crippen LogP contribution is 2.29. The van der Waals surface area contributed by atoms with E-state index in [4.69, 9.17) is 9.47 Å². The number of fused-ring (bicyclic) bond motifs is 1. The largest absolute Gasteiger partial charge is 0.490 e. The zero-order chi connectivity index (χ0) is 31.5. The maximum Gasteiger partial charge on any atom is 0.258 e. The minimum atomic E-state index is -0.437. The summed E-state index contributed by atoms with van der Waals surface area (Å²) >= 11 is 0. The molecule has 0 aliphatic carbocycles. The molecule has 8 nitrogen and oxygen atoms in total. The topological polar surface area (TPSA) is 91.3 Å². The lowest BCUT2D eigenvalue weighted by molar-refractivity contribution is -0.0177. The number of rotatable bonds is 8. The van der Waals surface area contributed by atoms with Crippen molar-refractivity contribution in [1.29, 1.82) is 0 Å². The van der Waals surface area contributed by atoms with Crippen LogP contribution in [0.25, 0.3) is 0 Å². The Morgan fingerprint density at radius 2 is 1.75 bits per heavy atom.